The van der Waals surface area contributed by atoms with E-state index in [1.54, 1.807) is 37.3 Å². The molecule has 6 nitrogen and oxygen atoms in total. The molecular weight excluding hydrogens is 260 g/mol. The zero-order chi connectivity index (χ0) is 14.7. The number of carbonyl (C=O) groups excluding carboxylic acids is 1. The predicted molar refractivity (Wildman–Crippen MR) is 74.3 cm³/mol. The lowest BCUT2D eigenvalue weighted by Gasteiger charge is -2.27. The number of hydrogen-bond donors (Lipinski definition) is 2. The molecule has 0 saturated carbocycles. The predicted octanol–water partition coefficient (Wildman–Crippen LogP) is 0.108. The molecule has 2 atom stereocenters. The van der Waals surface area contributed by atoms with Gasteiger partial charge in [0.25, 0.3) is 5.91 Å². The lowest BCUT2D eigenvalue weighted by molar-refractivity contribution is 0.0578. The summed E-state index contributed by atoms with van der Waals surface area (Å²) >= 11 is 0. The van der Waals surface area contributed by atoms with E-state index in [0.29, 0.717) is 30.2 Å². The normalized spacial score (nSPS) is 21.6. The molecule has 0 aromatic heterocycles. The number of methoxy groups -OCH3 is 2. The number of carbonyl (C=O) groups is 1. The molecule has 6 heteroatoms. The number of amides is 1. The first-order valence-corrected chi connectivity index (χ1v) is 6.46. The first kappa shape index (κ1) is 14.6. The first-order valence-electron chi connectivity index (χ1n) is 6.46. The minimum Gasteiger partial charge on any atom is -0.497 e. The second kappa shape index (κ2) is 6.11. The summed E-state index contributed by atoms with van der Waals surface area (Å²) in [6.07, 6.45) is -0.555. The Morgan fingerprint density at radius 2 is 2.10 bits per heavy atom. The summed E-state index contributed by atoms with van der Waals surface area (Å²) in [5, 5.41) is 12.9. The highest BCUT2D eigenvalue weighted by Crippen LogP contribution is 2.26. The molecule has 20 heavy (non-hydrogen) atoms. The zero-order valence-electron chi connectivity index (χ0n) is 11.9. The van der Waals surface area contributed by atoms with Gasteiger partial charge in [-0.25, -0.2) is 0 Å². The summed E-state index contributed by atoms with van der Waals surface area (Å²) in [7, 11) is 4.75. The van der Waals surface area contributed by atoms with E-state index in [2.05, 4.69) is 5.32 Å². The standard InChI is InChI=1S/C14H20N2O4/c1-16(11-7-15-8-12(11)17)14(18)10-6-9(19-2)4-5-13(10)20-3/h4-6,11-12,15,17H,7-8H2,1-3H3/t11-,12-/m1/s1. The van der Waals surface area contributed by atoms with E-state index in [4.69, 9.17) is 9.47 Å². The Bertz CT molecular complexity index is 492. The van der Waals surface area contributed by atoms with Gasteiger partial charge in [0.05, 0.1) is 31.9 Å². The third kappa shape index (κ3) is 2.71. The molecule has 110 valence electrons. The number of ether oxygens (including phenoxy) is 2. The number of hydrogen-bond acceptors (Lipinski definition) is 5. The molecule has 0 aliphatic carbocycles. The Hall–Kier alpha value is -1.79. The molecule has 1 fully saturated rings. The van der Waals surface area contributed by atoms with E-state index in [9.17, 15) is 9.90 Å². The van der Waals surface area contributed by atoms with Gasteiger partial charge >= 0.3 is 0 Å². The molecule has 0 unspecified atom stereocenters. The first-order chi connectivity index (χ1) is 9.58. The summed E-state index contributed by atoms with van der Waals surface area (Å²) < 4.78 is 10.4. The van der Waals surface area contributed by atoms with Gasteiger partial charge in [-0.1, -0.05) is 0 Å². The molecule has 1 amide bonds. The van der Waals surface area contributed by atoms with Gasteiger partial charge in [-0.15, -0.1) is 0 Å². The highest BCUT2D eigenvalue weighted by molar-refractivity contribution is 5.97. The Balaban J connectivity index is 2.27. The van der Waals surface area contributed by atoms with Crippen molar-refractivity contribution in [1.29, 1.82) is 0 Å². The van der Waals surface area contributed by atoms with Crippen LogP contribution in [-0.4, -0.2) is 62.4 Å². The second-order valence-electron chi connectivity index (χ2n) is 4.78. The number of aliphatic hydroxyl groups excluding tert-OH is 1. The van der Waals surface area contributed by atoms with Crippen LogP contribution in [0.4, 0.5) is 0 Å². The fourth-order valence-corrected chi connectivity index (χ4v) is 2.37. The largest absolute Gasteiger partial charge is 0.497 e. The van der Waals surface area contributed by atoms with E-state index in [1.807, 2.05) is 0 Å². The van der Waals surface area contributed by atoms with Crippen LogP contribution in [0.1, 0.15) is 10.4 Å². The minimum absolute atomic E-state index is 0.200. The highest BCUT2D eigenvalue weighted by Gasteiger charge is 2.32. The molecule has 0 bridgehead atoms. The van der Waals surface area contributed by atoms with Crippen LogP contribution in [0.2, 0.25) is 0 Å². The van der Waals surface area contributed by atoms with Crippen LogP contribution in [-0.2, 0) is 0 Å². The summed E-state index contributed by atoms with van der Waals surface area (Å²) in [4.78, 5) is 14.1. The topological polar surface area (TPSA) is 71.0 Å². The van der Waals surface area contributed by atoms with Gasteiger partial charge in [-0.3, -0.25) is 4.79 Å². The van der Waals surface area contributed by atoms with Crippen molar-refractivity contribution in [2.24, 2.45) is 0 Å². The number of benzene rings is 1. The molecule has 0 spiro atoms. The number of rotatable bonds is 4. The van der Waals surface area contributed by atoms with Gasteiger partial charge in [0.1, 0.15) is 11.5 Å². The molecular formula is C14H20N2O4. The Morgan fingerprint density at radius 1 is 1.35 bits per heavy atom. The van der Waals surface area contributed by atoms with Gasteiger partial charge in [0, 0.05) is 20.1 Å². The van der Waals surface area contributed by atoms with Crippen molar-refractivity contribution in [3.05, 3.63) is 23.8 Å². The van der Waals surface area contributed by atoms with E-state index >= 15 is 0 Å². The average molecular weight is 280 g/mol. The SMILES string of the molecule is COc1ccc(OC)c(C(=O)N(C)[C@@H]2CNC[C@H]2O)c1. The lowest BCUT2D eigenvalue weighted by Crippen LogP contribution is -2.44. The molecule has 1 aromatic carbocycles. The number of likely N-dealkylation sites (N-methyl/N-ethyl adjacent to an activating group) is 1. The summed E-state index contributed by atoms with van der Waals surface area (Å²) in [5.74, 6) is 0.879. The second-order valence-corrected chi connectivity index (χ2v) is 4.78. The fourth-order valence-electron chi connectivity index (χ4n) is 2.37. The molecule has 1 aliphatic rings. The molecule has 0 radical (unpaired) electrons. The Labute approximate surface area is 118 Å². The summed E-state index contributed by atoms with van der Waals surface area (Å²) in [5.41, 5.74) is 0.424. The highest BCUT2D eigenvalue weighted by atomic mass is 16.5. The summed E-state index contributed by atoms with van der Waals surface area (Å²) in [6.45, 7) is 1.08. The zero-order valence-corrected chi connectivity index (χ0v) is 11.9. The summed E-state index contributed by atoms with van der Waals surface area (Å²) in [6, 6.07) is 4.84. The van der Waals surface area contributed by atoms with Crippen molar-refractivity contribution in [2.75, 3.05) is 34.4 Å². The lowest BCUT2D eigenvalue weighted by atomic mass is 10.1. The Morgan fingerprint density at radius 3 is 2.65 bits per heavy atom. The molecule has 1 aromatic rings. The van der Waals surface area contributed by atoms with Crippen LogP contribution in [0.3, 0.4) is 0 Å². The Kier molecular flexibility index (Phi) is 4.46. The van der Waals surface area contributed by atoms with Crippen molar-refractivity contribution in [2.45, 2.75) is 12.1 Å². The number of aliphatic hydroxyl groups is 1. The number of nitrogens with zero attached hydrogens (tertiary/aromatic N) is 1. The van der Waals surface area contributed by atoms with Crippen molar-refractivity contribution < 1.29 is 19.4 Å². The van der Waals surface area contributed by atoms with Crippen LogP contribution in [0.15, 0.2) is 18.2 Å². The third-order valence-electron chi connectivity index (χ3n) is 3.61. The molecule has 1 saturated heterocycles. The van der Waals surface area contributed by atoms with Crippen molar-refractivity contribution in [3.63, 3.8) is 0 Å². The molecule has 2 rings (SSSR count). The van der Waals surface area contributed by atoms with Gasteiger partial charge < -0.3 is 24.8 Å². The molecule has 2 N–H and O–H groups in total. The number of nitrogens with one attached hydrogen (secondary N) is 1. The fraction of sp³-hybridized carbons (Fsp3) is 0.500. The maximum atomic E-state index is 12.6. The van der Waals surface area contributed by atoms with E-state index in [-0.39, 0.29) is 11.9 Å². The molecule has 1 aliphatic heterocycles. The van der Waals surface area contributed by atoms with E-state index in [0.717, 1.165) is 0 Å². The average Bonchev–Trinajstić information content (AvgIpc) is 2.91. The maximum Gasteiger partial charge on any atom is 0.257 e. The van der Waals surface area contributed by atoms with Gasteiger partial charge in [0.15, 0.2) is 0 Å². The van der Waals surface area contributed by atoms with Gasteiger partial charge in [0.2, 0.25) is 0 Å². The van der Waals surface area contributed by atoms with Crippen molar-refractivity contribution >= 4 is 5.91 Å². The van der Waals surface area contributed by atoms with Crippen molar-refractivity contribution in [1.82, 2.24) is 10.2 Å². The van der Waals surface area contributed by atoms with Crippen LogP contribution in [0.5, 0.6) is 11.5 Å². The van der Waals surface area contributed by atoms with Crippen molar-refractivity contribution in [3.8, 4) is 11.5 Å². The molecule has 1 heterocycles. The quantitative estimate of drug-likeness (QED) is 0.819. The van der Waals surface area contributed by atoms with E-state index < -0.39 is 6.10 Å². The van der Waals surface area contributed by atoms with Crippen LogP contribution >= 0.6 is 0 Å². The number of β-amino-alcohol motifs (C(OH)–C–C–N with tert-alkyl or cyclic N) is 1. The third-order valence-corrected chi connectivity index (χ3v) is 3.61. The van der Waals surface area contributed by atoms with Crippen LogP contribution in [0.25, 0.3) is 0 Å². The van der Waals surface area contributed by atoms with Crippen LogP contribution < -0.4 is 14.8 Å². The van der Waals surface area contributed by atoms with Crippen LogP contribution in [0, 0.1) is 0 Å². The smallest absolute Gasteiger partial charge is 0.257 e. The monoisotopic (exact) mass is 280 g/mol. The van der Waals surface area contributed by atoms with E-state index in [1.165, 1.54) is 7.11 Å². The van der Waals surface area contributed by atoms with Gasteiger partial charge in [-0.05, 0) is 18.2 Å². The minimum atomic E-state index is -0.555. The van der Waals surface area contributed by atoms with Gasteiger partial charge in [-0.2, -0.15) is 0 Å². The maximum absolute atomic E-state index is 12.6.